The second kappa shape index (κ2) is 8.14. The molecule has 0 fully saturated rings. The maximum atomic E-state index is 11.2. The van der Waals surface area contributed by atoms with Crippen LogP contribution in [0.2, 0.25) is 0 Å². The first-order chi connectivity index (χ1) is 9.92. The zero-order chi connectivity index (χ0) is 15.8. The molecule has 21 heavy (non-hydrogen) atoms. The second-order valence-electron chi connectivity index (χ2n) is 4.77. The molecule has 6 nitrogen and oxygen atoms in total. The number of rotatable bonds is 8. The number of carbonyl (C=O) groups is 2. The first-order valence-corrected chi connectivity index (χ1v) is 6.86. The maximum absolute atomic E-state index is 11.2. The molecule has 1 aromatic carbocycles. The molecule has 116 valence electrons. The van der Waals surface area contributed by atoms with Gasteiger partial charge in [-0.2, -0.15) is 0 Å². The number of hydrogen-bond donors (Lipinski definition) is 3. The Hall–Kier alpha value is -2.24. The largest absolute Gasteiger partial charge is 0.504 e. The molecule has 1 unspecified atom stereocenters. The molecular formula is C15H21NO5. The number of phenolic OH excluding ortho intramolecular Hbond substituents is 1. The Morgan fingerprint density at radius 2 is 2.10 bits per heavy atom. The van der Waals surface area contributed by atoms with Gasteiger partial charge in [0, 0.05) is 19.4 Å². The van der Waals surface area contributed by atoms with Crippen LogP contribution in [-0.2, 0) is 16.0 Å². The summed E-state index contributed by atoms with van der Waals surface area (Å²) in [7, 11) is 0. The minimum absolute atomic E-state index is 0.0126. The molecule has 0 aromatic heterocycles. The Balaban J connectivity index is 2.78. The van der Waals surface area contributed by atoms with Crippen molar-refractivity contribution in [1.29, 1.82) is 0 Å². The summed E-state index contributed by atoms with van der Waals surface area (Å²) in [5.41, 5.74) is 0.861. The number of hydrogen-bond acceptors (Lipinski definition) is 4. The monoisotopic (exact) mass is 295 g/mol. The number of ether oxygens (including phenoxy) is 1. The fourth-order valence-electron chi connectivity index (χ4n) is 2.05. The van der Waals surface area contributed by atoms with E-state index in [2.05, 4.69) is 5.32 Å². The van der Waals surface area contributed by atoms with Gasteiger partial charge in [-0.15, -0.1) is 0 Å². The standard InChI is InChI=1S/C15H21NO5/c1-3-21-14-9-11(4-6-13(14)18)8-12(16-10(2)17)5-7-15(19)20/h4,6,9,12,18H,3,5,7-8H2,1-2H3,(H,16,17)(H,19,20). The molecule has 0 bridgehead atoms. The zero-order valence-electron chi connectivity index (χ0n) is 12.3. The Bertz CT molecular complexity index is 501. The molecule has 1 atom stereocenters. The Morgan fingerprint density at radius 1 is 1.38 bits per heavy atom. The van der Waals surface area contributed by atoms with E-state index in [0.29, 0.717) is 25.2 Å². The summed E-state index contributed by atoms with van der Waals surface area (Å²) in [6.07, 6.45) is 0.814. The molecule has 0 radical (unpaired) electrons. The molecule has 0 heterocycles. The smallest absolute Gasteiger partial charge is 0.303 e. The molecule has 1 aromatic rings. The number of benzene rings is 1. The summed E-state index contributed by atoms with van der Waals surface area (Å²) in [6.45, 7) is 3.65. The third kappa shape index (κ3) is 6.16. The van der Waals surface area contributed by atoms with Crippen LogP contribution in [0.15, 0.2) is 18.2 Å². The molecule has 6 heteroatoms. The summed E-state index contributed by atoms with van der Waals surface area (Å²) in [5, 5.41) is 21.1. The lowest BCUT2D eigenvalue weighted by atomic mass is 10.0. The van der Waals surface area contributed by atoms with E-state index in [0.717, 1.165) is 5.56 Å². The van der Waals surface area contributed by atoms with Crippen molar-refractivity contribution in [3.63, 3.8) is 0 Å². The molecule has 3 N–H and O–H groups in total. The van der Waals surface area contributed by atoms with Gasteiger partial charge in [0.25, 0.3) is 0 Å². The third-order valence-corrected chi connectivity index (χ3v) is 2.92. The van der Waals surface area contributed by atoms with Crippen molar-refractivity contribution in [3.05, 3.63) is 23.8 Å². The normalized spacial score (nSPS) is 11.7. The molecule has 0 saturated carbocycles. The first-order valence-electron chi connectivity index (χ1n) is 6.86. The van der Waals surface area contributed by atoms with Gasteiger partial charge in [0.1, 0.15) is 0 Å². The predicted octanol–water partition coefficient (Wildman–Crippen LogP) is 1.70. The van der Waals surface area contributed by atoms with Crippen LogP contribution in [0.4, 0.5) is 0 Å². The van der Waals surface area contributed by atoms with Crippen LogP contribution in [0, 0.1) is 0 Å². The molecule has 0 aliphatic carbocycles. The van der Waals surface area contributed by atoms with Gasteiger partial charge in [-0.1, -0.05) is 6.07 Å². The lowest BCUT2D eigenvalue weighted by Crippen LogP contribution is -2.35. The van der Waals surface area contributed by atoms with E-state index in [9.17, 15) is 14.7 Å². The van der Waals surface area contributed by atoms with Gasteiger partial charge in [0.15, 0.2) is 11.5 Å². The number of carboxylic acids is 1. The van der Waals surface area contributed by atoms with Crippen molar-refractivity contribution in [2.75, 3.05) is 6.61 Å². The number of aromatic hydroxyl groups is 1. The Morgan fingerprint density at radius 3 is 2.67 bits per heavy atom. The maximum Gasteiger partial charge on any atom is 0.303 e. The van der Waals surface area contributed by atoms with Gasteiger partial charge in [-0.3, -0.25) is 9.59 Å². The molecular weight excluding hydrogens is 274 g/mol. The number of nitrogens with one attached hydrogen (secondary N) is 1. The van der Waals surface area contributed by atoms with E-state index in [1.54, 1.807) is 12.1 Å². The highest BCUT2D eigenvalue weighted by Crippen LogP contribution is 2.27. The van der Waals surface area contributed by atoms with Crippen molar-refractivity contribution in [3.8, 4) is 11.5 Å². The summed E-state index contributed by atoms with van der Waals surface area (Å²) < 4.78 is 5.31. The number of phenols is 1. The van der Waals surface area contributed by atoms with Crippen LogP contribution < -0.4 is 10.1 Å². The van der Waals surface area contributed by atoms with Gasteiger partial charge in [-0.05, 0) is 37.5 Å². The van der Waals surface area contributed by atoms with Crippen molar-refractivity contribution in [2.24, 2.45) is 0 Å². The highest BCUT2D eigenvalue weighted by atomic mass is 16.5. The Labute approximate surface area is 123 Å². The zero-order valence-corrected chi connectivity index (χ0v) is 12.3. The van der Waals surface area contributed by atoms with E-state index < -0.39 is 5.97 Å². The summed E-state index contributed by atoms with van der Waals surface area (Å²) in [6, 6.07) is 4.70. The van der Waals surface area contributed by atoms with Crippen LogP contribution in [0.5, 0.6) is 11.5 Å². The highest BCUT2D eigenvalue weighted by molar-refractivity contribution is 5.73. The fourth-order valence-corrected chi connectivity index (χ4v) is 2.05. The lowest BCUT2D eigenvalue weighted by molar-refractivity contribution is -0.137. The SMILES string of the molecule is CCOc1cc(CC(CCC(=O)O)NC(C)=O)ccc1O. The number of amides is 1. The summed E-state index contributed by atoms with van der Waals surface area (Å²) >= 11 is 0. The minimum atomic E-state index is -0.897. The van der Waals surface area contributed by atoms with E-state index in [-0.39, 0.29) is 24.1 Å². The fraction of sp³-hybridized carbons (Fsp3) is 0.467. The minimum Gasteiger partial charge on any atom is -0.504 e. The van der Waals surface area contributed by atoms with Gasteiger partial charge < -0.3 is 20.3 Å². The molecule has 0 aliphatic heterocycles. The van der Waals surface area contributed by atoms with Gasteiger partial charge in [0.05, 0.1) is 6.61 Å². The van der Waals surface area contributed by atoms with Crippen molar-refractivity contribution in [2.45, 2.75) is 39.2 Å². The molecule has 0 aliphatic rings. The average Bonchev–Trinajstić information content (AvgIpc) is 2.39. The van der Waals surface area contributed by atoms with E-state index in [1.807, 2.05) is 6.92 Å². The summed E-state index contributed by atoms with van der Waals surface area (Å²) in [5.74, 6) is -0.655. The predicted molar refractivity (Wildman–Crippen MR) is 77.5 cm³/mol. The third-order valence-electron chi connectivity index (χ3n) is 2.92. The van der Waals surface area contributed by atoms with Crippen molar-refractivity contribution in [1.82, 2.24) is 5.32 Å². The average molecular weight is 295 g/mol. The number of carbonyl (C=O) groups excluding carboxylic acids is 1. The van der Waals surface area contributed by atoms with E-state index in [4.69, 9.17) is 9.84 Å². The first kappa shape index (κ1) is 16.8. The van der Waals surface area contributed by atoms with Crippen LogP contribution in [0.1, 0.15) is 32.3 Å². The van der Waals surface area contributed by atoms with Crippen molar-refractivity contribution < 1.29 is 24.5 Å². The van der Waals surface area contributed by atoms with Crippen LogP contribution >= 0.6 is 0 Å². The van der Waals surface area contributed by atoms with E-state index >= 15 is 0 Å². The van der Waals surface area contributed by atoms with Crippen LogP contribution in [0.3, 0.4) is 0 Å². The molecule has 0 spiro atoms. The molecule has 1 rings (SSSR count). The Kier molecular flexibility index (Phi) is 6.52. The number of carboxylic acid groups (broad SMARTS) is 1. The van der Waals surface area contributed by atoms with Gasteiger partial charge in [-0.25, -0.2) is 0 Å². The van der Waals surface area contributed by atoms with Crippen LogP contribution in [0.25, 0.3) is 0 Å². The topological polar surface area (TPSA) is 95.9 Å². The van der Waals surface area contributed by atoms with Gasteiger partial charge in [0.2, 0.25) is 5.91 Å². The van der Waals surface area contributed by atoms with E-state index in [1.165, 1.54) is 13.0 Å². The summed E-state index contributed by atoms with van der Waals surface area (Å²) in [4.78, 5) is 21.8. The number of aliphatic carboxylic acids is 1. The second-order valence-corrected chi connectivity index (χ2v) is 4.77. The van der Waals surface area contributed by atoms with Crippen molar-refractivity contribution >= 4 is 11.9 Å². The van der Waals surface area contributed by atoms with Gasteiger partial charge >= 0.3 is 5.97 Å². The lowest BCUT2D eigenvalue weighted by Gasteiger charge is -2.18. The highest BCUT2D eigenvalue weighted by Gasteiger charge is 2.14. The van der Waals surface area contributed by atoms with Crippen LogP contribution in [-0.4, -0.2) is 34.7 Å². The molecule has 1 amide bonds. The molecule has 0 saturated heterocycles. The quantitative estimate of drug-likeness (QED) is 0.678.